The quantitative estimate of drug-likeness (QED) is 0.238. The average molecular weight is 436 g/mol. The molecule has 156 valence electrons. The first-order valence-electron chi connectivity index (χ1n) is 8.28. The van der Waals surface area contributed by atoms with E-state index in [1.807, 2.05) is 0 Å². The first-order chi connectivity index (χ1) is 14.3. The molecular formula is C17H14F2N6O4S. The Morgan fingerprint density at radius 1 is 1.23 bits per heavy atom. The Morgan fingerprint density at radius 2 is 1.97 bits per heavy atom. The summed E-state index contributed by atoms with van der Waals surface area (Å²) in [5, 5.41) is 21.1. The van der Waals surface area contributed by atoms with Crippen LogP contribution in [0.25, 0.3) is 0 Å². The van der Waals surface area contributed by atoms with Crippen LogP contribution in [0.1, 0.15) is 5.82 Å². The minimum Gasteiger partial charge on any atom is -0.486 e. The molecule has 13 heteroatoms. The van der Waals surface area contributed by atoms with Gasteiger partial charge in [-0.15, -0.1) is 10.2 Å². The molecule has 2 aromatic carbocycles. The highest BCUT2D eigenvalue weighted by Crippen LogP contribution is 2.22. The van der Waals surface area contributed by atoms with E-state index in [0.29, 0.717) is 5.75 Å². The van der Waals surface area contributed by atoms with E-state index in [2.05, 4.69) is 15.5 Å². The zero-order valence-corrected chi connectivity index (χ0v) is 15.9. The highest BCUT2D eigenvalue weighted by Gasteiger charge is 2.16. The molecule has 30 heavy (non-hydrogen) atoms. The number of halogens is 2. The smallest absolute Gasteiger partial charge is 0.306 e. The summed E-state index contributed by atoms with van der Waals surface area (Å²) in [7, 11) is 0. The van der Waals surface area contributed by atoms with Gasteiger partial charge in [-0.2, -0.15) is 4.39 Å². The third kappa shape index (κ3) is 5.20. The van der Waals surface area contributed by atoms with Crippen molar-refractivity contribution < 1.29 is 23.2 Å². The molecule has 1 aromatic heterocycles. The molecule has 0 saturated carbocycles. The average Bonchev–Trinajstić information content (AvgIpc) is 3.07. The number of carbonyl (C=O) groups is 1. The van der Waals surface area contributed by atoms with E-state index in [0.717, 1.165) is 28.6 Å². The second-order valence-corrected chi connectivity index (χ2v) is 6.71. The van der Waals surface area contributed by atoms with Gasteiger partial charge in [0.1, 0.15) is 18.2 Å². The number of hydrogen-bond donors (Lipinski definition) is 2. The zero-order chi connectivity index (χ0) is 21.7. The van der Waals surface area contributed by atoms with Gasteiger partial charge in [0.05, 0.1) is 10.7 Å². The lowest BCUT2D eigenvalue weighted by atomic mass is 10.2. The summed E-state index contributed by atoms with van der Waals surface area (Å²) in [5.41, 5.74) is -0.663. The Morgan fingerprint density at radius 3 is 2.67 bits per heavy atom. The number of hydrogen-bond acceptors (Lipinski definition) is 8. The van der Waals surface area contributed by atoms with Gasteiger partial charge in [0.2, 0.25) is 16.9 Å². The van der Waals surface area contributed by atoms with Crippen LogP contribution in [-0.2, 0) is 11.4 Å². The predicted octanol–water partition coefficient (Wildman–Crippen LogP) is 2.49. The van der Waals surface area contributed by atoms with Crippen LogP contribution in [-0.4, -0.2) is 31.5 Å². The van der Waals surface area contributed by atoms with Crippen molar-refractivity contribution in [2.75, 3.05) is 16.9 Å². The van der Waals surface area contributed by atoms with Gasteiger partial charge in [-0.25, -0.2) is 9.07 Å². The molecule has 0 aliphatic rings. The van der Waals surface area contributed by atoms with Crippen LogP contribution in [0.5, 0.6) is 5.75 Å². The van der Waals surface area contributed by atoms with E-state index in [-0.39, 0.29) is 29.0 Å². The monoisotopic (exact) mass is 436 g/mol. The second kappa shape index (κ2) is 9.17. The molecule has 0 radical (unpaired) electrons. The third-order valence-corrected chi connectivity index (χ3v) is 4.62. The fraction of sp³-hybridized carbons (Fsp3) is 0.118. The van der Waals surface area contributed by atoms with E-state index in [1.165, 1.54) is 30.3 Å². The summed E-state index contributed by atoms with van der Waals surface area (Å²) in [6.45, 7) is -0.0267. The second-order valence-electron chi connectivity index (χ2n) is 5.77. The number of nitro groups is 1. The SMILES string of the molecule is Nn1c(COc2ccc(F)cc2)nnc1SCC(=O)Nc1ccc(F)c([N+](=O)[O-])c1. The molecular weight excluding hydrogens is 422 g/mol. The number of rotatable bonds is 8. The van der Waals surface area contributed by atoms with Crippen molar-refractivity contribution >= 4 is 29.0 Å². The lowest BCUT2D eigenvalue weighted by molar-refractivity contribution is -0.387. The number of aromatic nitrogens is 3. The third-order valence-electron chi connectivity index (χ3n) is 3.68. The number of thioether (sulfide) groups is 1. The van der Waals surface area contributed by atoms with Gasteiger partial charge in [0, 0.05) is 11.8 Å². The molecule has 0 fully saturated rings. The van der Waals surface area contributed by atoms with Gasteiger partial charge in [0.25, 0.3) is 0 Å². The van der Waals surface area contributed by atoms with E-state index in [1.54, 1.807) is 0 Å². The van der Waals surface area contributed by atoms with Gasteiger partial charge >= 0.3 is 5.69 Å². The molecule has 3 aromatic rings. The molecule has 1 amide bonds. The van der Waals surface area contributed by atoms with Crippen LogP contribution in [0.3, 0.4) is 0 Å². The zero-order valence-electron chi connectivity index (χ0n) is 15.1. The maximum absolute atomic E-state index is 13.3. The fourth-order valence-corrected chi connectivity index (χ4v) is 2.92. The molecule has 10 nitrogen and oxygen atoms in total. The number of nitro benzene ring substituents is 1. The Balaban J connectivity index is 1.54. The molecule has 0 atom stereocenters. The summed E-state index contributed by atoms with van der Waals surface area (Å²) < 4.78 is 32.8. The molecule has 3 N–H and O–H groups in total. The molecule has 0 aliphatic carbocycles. The Labute approximate surface area is 172 Å². The lowest BCUT2D eigenvalue weighted by Crippen LogP contribution is -2.18. The van der Waals surface area contributed by atoms with E-state index >= 15 is 0 Å². The standard InChI is InChI=1S/C17H14F2N6O4S/c18-10-1-4-12(5-2-10)29-8-15-22-23-17(24(15)20)30-9-16(26)21-11-3-6-13(19)14(7-11)25(27)28/h1-7H,8-9,20H2,(H,21,26). The van der Waals surface area contributed by atoms with Crippen molar-refractivity contribution in [3.8, 4) is 5.75 Å². The lowest BCUT2D eigenvalue weighted by Gasteiger charge is -2.07. The van der Waals surface area contributed by atoms with Gasteiger partial charge in [0.15, 0.2) is 5.82 Å². The first kappa shape index (κ1) is 21.0. The van der Waals surface area contributed by atoms with Gasteiger partial charge < -0.3 is 15.9 Å². The largest absolute Gasteiger partial charge is 0.486 e. The van der Waals surface area contributed by atoms with Gasteiger partial charge in [-0.3, -0.25) is 14.9 Å². The topological polar surface area (TPSA) is 138 Å². The molecule has 0 aliphatic heterocycles. The fourth-order valence-electron chi connectivity index (χ4n) is 2.24. The molecule has 1 heterocycles. The van der Waals surface area contributed by atoms with Crippen molar-refractivity contribution in [1.82, 2.24) is 14.9 Å². The number of nitrogens with one attached hydrogen (secondary N) is 1. The number of nitrogens with two attached hydrogens (primary N) is 1. The molecule has 0 spiro atoms. The highest BCUT2D eigenvalue weighted by molar-refractivity contribution is 7.99. The maximum atomic E-state index is 13.3. The summed E-state index contributed by atoms with van der Waals surface area (Å²) in [5.74, 6) is 4.55. The van der Waals surface area contributed by atoms with Crippen molar-refractivity contribution in [3.05, 3.63) is 70.0 Å². The first-order valence-corrected chi connectivity index (χ1v) is 9.26. The van der Waals surface area contributed by atoms with Crippen LogP contribution in [0, 0.1) is 21.7 Å². The maximum Gasteiger partial charge on any atom is 0.306 e. The summed E-state index contributed by atoms with van der Waals surface area (Å²) in [4.78, 5) is 21.9. The van der Waals surface area contributed by atoms with Crippen molar-refractivity contribution in [2.24, 2.45) is 0 Å². The van der Waals surface area contributed by atoms with Crippen LogP contribution in [0.2, 0.25) is 0 Å². The van der Waals surface area contributed by atoms with Crippen LogP contribution in [0.15, 0.2) is 47.6 Å². The van der Waals surface area contributed by atoms with Crippen LogP contribution < -0.4 is 15.9 Å². The molecule has 3 rings (SSSR count). The highest BCUT2D eigenvalue weighted by atomic mass is 32.2. The van der Waals surface area contributed by atoms with Crippen LogP contribution >= 0.6 is 11.8 Å². The van der Waals surface area contributed by atoms with Crippen LogP contribution in [0.4, 0.5) is 20.2 Å². The summed E-state index contributed by atoms with van der Waals surface area (Å²) >= 11 is 0.972. The van der Waals surface area contributed by atoms with Crippen molar-refractivity contribution in [1.29, 1.82) is 0 Å². The number of nitrogens with zero attached hydrogens (tertiary/aromatic N) is 4. The Kier molecular flexibility index (Phi) is 6.41. The number of benzene rings is 2. The van der Waals surface area contributed by atoms with E-state index in [9.17, 15) is 23.7 Å². The predicted molar refractivity (Wildman–Crippen MR) is 103 cm³/mol. The van der Waals surface area contributed by atoms with Crippen molar-refractivity contribution in [3.63, 3.8) is 0 Å². The minimum atomic E-state index is -1.00. The van der Waals surface area contributed by atoms with Crippen molar-refractivity contribution in [2.45, 2.75) is 11.8 Å². The number of carbonyl (C=O) groups excluding carboxylic acids is 1. The number of anilines is 1. The van der Waals surface area contributed by atoms with E-state index < -0.39 is 28.2 Å². The number of amides is 1. The molecule has 0 bridgehead atoms. The van der Waals surface area contributed by atoms with Gasteiger partial charge in [-0.05, 0) is 36.4 Å². The Hall–Kier alpha value is -3.74. The molecule has 0 saturated heterocycles. The van der Waals surface area contributed by atoms with Gasteiger partial charge in [-0.1, -0.05) is 11.8 Å². The summed E-state index contributed by atoms with van der Waals surface area (Å²) in [6.07, 6.45) is 0. The Bertz CT molecular complexity index is 1080. The summed E-state index contributed by atoms with van der Waals surface area (Å²) in [6, 6.07) is 8.43. The van der Waals surface area contributed by atoms with E-state index in [4.69, 9.17) is 10.6 Å². The minimum absolute atomic E-state index is 0.0267. The number of ether oxygens (including phenoxy) is 1. The normalized spacial score (nSPS) is 10.6. The molecule has 0 unspecified atom stereocenters. The number of nitrogen functional groups attached to an aromatic ring is 1.